The number of methoxy groups -OCH3 is 1. The highest BCUT2D eigenvalue weighted by Crippen LogP contribution is 2.42. The van der Waals surface area contributed by atoms with Crippen LogP contribution in [-0.2, 0) is 0 Å². The Balaban J connectivity index is 1.21. The number of fused-ring (bicyclic) bond motifs is 2. The third kappa shape index (κ3) is 3.27. The lowest BCUT2D eigenvalue weighted by molar-refractivity contribution is 0.218. The number of anilines is 2. The van der Waals surface area contributed by atoms with Crippen molar-refractivity contribution in [1.82, 2.24) is 24.2 Å². The first-order chi connectivity index (χ1) is 14.1. The van der Waals surface area contributed by atoms with E-state index in [1.54, 1.807) is 0 Å². The van der Waals surface area contributed by atoms with Crippen molar-refractivity contribution in [2.45, 2.75) is 18.9 Å². The number of carbonyl (C=O) groups is 1. The van der Waals surface area contributed by atoms with Crippen LogP contribution in [0, 0.1) is 11.8 Å². The van der Waals surface area contributed by atoms with Gasteiger partial charge in [0.05, 0.1) is 7.11 Å². The van der Waals surface area contributed by atoms with E-state index in [0.717, 1.165) is 48.5 Å². The van der Waals surface area contributed by atoms with Gasteiger partial charge in [-0.2, -0.15) is 4.98 Å². The summed E-state index contributed by atoms with van der Waals surface area (Å²) >= 11 is 1.13. The number of nitrogens with zero attached hydrogens (tertiary/aromatic N) is 5. The molecule has 0 bridgehead atoms. The van der Waals surface area contributed by atoms with E-state index in [1.165, 1.54) is 12.8 Å². The van der Waals surface area contributed by atoms with E-state index >= 15 is 0 Å². The summed E-state index contributed by atoms with van der Waals surface area (Å²) in [4.78, 5) is 28.6. The molecule has 152 valence electrons. The fraction of sp³-hybridized carbons (Fsp3) is 0.474. The average Bonchev–Trinajstić information content (AvgIpc) is 3.48. The fourth-order valence-corrected chi connectivity index (χ4v) is 5.25. The maximum absolute atomic E-state index is 12.6. The molecule has 2 fully saturated rings. The molecular weight excluding hydrogens is 390 g/mol. The highest BCUT2D eigenvalue weighted by Gasteiger charge is 2.43. The van der Waals surface area contributed by atoms with Gasteiger partial charge in [0.1, 0.15) is 5.65 Å². The zero-order valence-corrected chi connectivity index (χ0v) is 17.1. The number of H-pyrrole nitrogens is 1. The smallest absolute Gasteiger partial charge is 0.329 e. The van der Waals surface area contributed by atoms with Gasteiger partial charge in [-0.1, -0.05) is 0 Å². The van der Waals surface area contributed by atoms with Crippen molar-refractivity contribution in [2.75, 3.05) is 37.5 Å². The van der Waals surface area contributed by atoms with E-state index < -0.39 is 0 Å². The molecule has 1 saturated carbocycles. The first-order valence-electron chi connectivity index (χ1n) is 9.71. The zero-order chi connectivity index (χ0) is 20.0. The van der Waals surface area contributed by atoms with E-state index in [2.05, 4.69) is 48.7 Å². The number of aromatic amines is 1. The molecule has 1 saturated heterocycles. The van der Waals surface area contributed by atoms with Crippen molar-refractivity contribution in [3.63, 3.8) is 0 Å². The van der Waals surface area contributed by atoms with E-state index in [9.17, 15) is 4.79 Å². The van der Waals surface area contributed by atoms with Crippen LogP contribution < -0.4 is 15.0 Å². The average molecular weight is 414 g/mol. The van der Waals surface area contributed by atoms with Gasteiger partial charge in [-0.3, -0.25) is 5.32 Å². The van der Waals surface area contributed by atoms with Crippen molar-refractivity contribution in [3.8, 4) is 6.01 Å². The number of hydrogen-bond acceptors (Lipinski definition) is 7. The SMILES string of the molecule is COc1nsc(NC(=O)N2C[C@H]3CC(N(C)c4ccnc5[nH]ccc45)C[C@H]3C2)n1. The molecule has 0 spiro atoms. The van der Waals surface area contributed by atoms with Gasteiger partial charge >= 0.3 is 12.0 Å². The van der Waals surface area contributed by atoms with Gasteiger partial charge in [-0.05, 0) is 36.8 Å². The van der Waals surface area contributed by atoms with Gasteiger partial charge in [0.2, 0.25) is 5.13 Å². The molecule has 3 aromatic heterocycles. The van der Waals surface area contributed by atoms with E-state index in [4.69, 9.17) is 4.74 Å². The second-order valence-corrected chi connectivity index (χ2v) is 8.50. The Kier molecular flexibility index (Phi) is 4.50. The van der Waals surface area contributed by atoms with Gasteiger partial charge in [0.15, 0.2) is 0 Å². The van der Waals surface area contributed by atoms with Gasteiger partial charge in [0, 0.05) is 61.2 Å². The lowest BCUT2D eigenvalue weighted by atomic mass is 10.0. The Hall–Kier alpha value is -2.88. The lowest BCUT2D eigenvalue weighted by Gasteiger charge is -2.29. The fourth-order valence-electron chi connectivity index (χ4n) is 4.71. The number of rotatable bonds is 4. The van der Waals surface area contributed by atoms with Crippen LogP contribution in [0.5, 0.6) is 6.01 Å². The first-order valence-corrected chi connectivity index (χ1v) is 10.5. The molecule has 5 rings (SSSR count). The third-order valence-corrected chi connectivity index (χ3v) is 6.80. The quantitative estimate of drug-likeness (QED) is 0.682. The second-order valence-electron chi connectivity index (χ2n) is 7.75. The maximum Gasteiger partial charge on any atom is 0.329 e. The molecule has 2 aliphatic rings. The van der Waals surface area contributed by atoms with Crippen molar-refractivity contribution in [2.24, 2.45) is 11.8 Å². The summed E-state index contributed by atoms with van der Waals surface area (Å²) in [6.45, 7) is 1.57. The predicted molar refractivity (Wildman–Crippen MR) is 112 cm³/mol. The second kappa shape index (κ2) is 7.18. The lowest BCUT2D eigenvalue weighted by Crippen LogP contribution is -2.36. The Morgan fingerprint density at radius 3 is 2.86 bits per heavy atom. The number of carbonyl (C=O) groups excluding carboxylic acids is 1. The zero-order valence-electron chi connectivity index (χ0n) is 16.3. The minimum absolute atomic E-state index is 0.105. The number of amides is 2. The van der Waals surface area contributed by atoms with E-state index in [1.807, 2.05) is 17.3 Å². The van der Waals surface area contributed by atoms with Crippen molar-refractivity contribution >= 4 is 39.4 Å². The molecule has 2 N–H and O–H groups in total. The molecule has 2 amide bonds. The molecule has 1 unspecified atom stereocenters. The monoisotopic (exact) mass is 413 g/mol. The largest absolute Gasteiger partial charge is 0.466 e. The number of nitrogens with one attached hydrogen (secondary N) is 2. The Bertz CT molecular complexity index is 1020. The molecule has 3 aromatic rings. The van der Waals surface area contributed by atoms with Crippen LogP contribution in [0.25, 0.3) is 11.0 Å². The topological polar surface area (TPSA) is 99.3 Å². The number of pyridine rings is 1. The van der Waals surface area contributed by atoms with Gasteiger partial charge < -0.3 is 19.5 Å². The standard InChI is InChI=1S/C19H23N7O2S/c1-25(15-4-6-21-16-14(15)3-5-20-16)13-7-11-9-26(10-12(11)8-13)19(27)23-18-22-17(28-2)24-29-18/h3-6,11-13H,7-10H2,1-2H3,(H,20,21)(H,22,23,24,27)/t11-,12+,13?. The molecule has 9 nitrogen and oxygen atoms in total. The van der Waals surface area contributed by atoms with Crippen LogP contribution in [0.1, 0.15) is 12.8 Å². The van der Waals surface area contributed by atoms with Crippen LogP contribution in [0.4, 0.5) is 15.6 Å². The summed E-state index contributed by atoms with van der Waals surface area (Å²) in [5, 5.41) is 4.46. The normalized spacial score (nSPS) is 23.4. The highest BCUT2D eigenvalue weighted by atomic mass is 32.1. The third-order valence-electron chi connectivity index (χ3n) is 6.18. The van der Waals surface area contributed by atoms with Crippen molar-refractivity contribution < 1.29 is 9.53 Å². The summed E-state index contributed by atoms with van der Waals surface area (Å²) in [5.74, 6) is 1.06. The molecule has 1 aliphatic heterocycles. The summed E-state index contributed by atoms with van der Waals surface area (Å²) in [5.41, 5.74) is 2.13. The number of urea groups is 1. The number of hydrogen-bond donors (Lipinski definition) is 2. The van der Waals surface area contributed by atoms with Crippen LogP contribution >= 0.6 is 11.5 Å². The Morgan fingerprint density at radius 1 is 1.34 bits per heavy atom. The molecule has 1 aliphatic carbocycles. The van der Waals surface area contributed by atoms with Crippen molar-refractivity contribution in [3.05, 3.63) is 24.5 Å². The van der Waals surface area contributed by atoms with Gasteiger partial charge in [-0.15, -0.1) is 4.37 Å². The number of likely N-dealkylation sites (tertiary alicyclic amines) is 1. The molecule has 29 heavy (non-hydrogen) atoms. The summed E-state index contributed by atoms with van der Waals surface area (Å²) < 4.78 is 8.98. The van der Waals surface area contributed by atoms with Crippen molar-refractivity contribution in [1.29, 1.82) is 0 Å². The number of aromatic nitrogens is 4. The van der Waals surface area contributed by atoms with E-state index in [-0.39, 0.29) is 12.0 Å². The number of ether oxygens (including phenoxy) is 1. The van der Waals surface area contributed by atoms with Crippen LogP contribution in [-0.4, -0.2) is 63.5 Å². The molecule has 0 radical (unpaired) electrons. The minimum atomic E-state index is -0.105. The molecule has 10 heteroatoms. The highest BCUT2D eigenvalue weighted by molar-refractivity contribution is 7.10. The van der Waals surface area contributed by atoms with Crippen LogP contribution in [0.2, 0.25) is 0 Å². The van der Waals surface area contributed by atoms with Crippen LogP contribution in [0.15, 0.2) is 24.5 Å². The molecule has 0 aromatic carbocycles. The molecule has 3 atom stereocenters. The Labute approximate surface area is 172 Å². The van der Waals surface area contributed by atoms with Gasteiger partial charge in [0.25, 0.3) is 0 Å². The summed E-state index contributed by atoms with van der Waals surface area (Å²) in [6, 6.07) is 4.82. The minimum Gasteiger partial charge on any atom is -0.466 e. The van der Waals surface area contributed by atoms with E-state index in [0.29, 0.717) is 23.0 Å². The first kappa shape index (κ1) is 18.2. The molecule has 4 heterocycles. The van der Waals surface area contributed by atoms with Crippen LogP contribution in [0.3, 0.4) is 0 Å². The predicted octanol–water partition coefficient (Wildman–Crippen LogP) is 2.80. The summed E-state index contributed by atoms with van der Waals surface area (Å²) in [7, 11) is 3.68. The maximum atomic E-state index is 12.6. The molecular formula is C19H23N7O2S. The summed E-state index contributed by atoms with van der Waals surface area (Å²) in [6.07, 6.45) is 5.97. The Morgan fingerprint density at radius 2 is 2.14 bits per heavy atom. The van der Waals surface area contributed by atoms with Gasteiger partial charge in [-0.25, -0.2) is 9.78 Å².